The average molecular weight is 373 g/mol. The first-order chi connectivity index (χ1) is 12.1. The Morgan fingerprint density at radius 2 is 1.26 bits per heavy atom. The predicted octanol–water partition coefficient (Wildman–Crippen LogP) is 6.24. The van der Waals surface area contributed by atoms with Crippen molar-refractivity contribution in [2.45, 2.75) is 99.1 Å². The first-order valence-electron chi connectivity index (χ1n) is 10.8. The molecule has 2 heteroatoms. The van der Waals surface area contributed by atoms with Crippen LogP contribution in [0.1, 0.15) is 93.6 Å². The van der Waals surface area contributed by atoms with Gasteiger partial charge < -0.3 is 11.5 Å². The number of hydrogen-bond donors (Lipinski definition) is 2. The fourth-order valence-corrected chi connectivity index (χ4v) is 7.17. The zero-order valence-electron chi connectivity index (χ0n) is 19.4. The van der Waals surface area contributed by atoms with Crippen LogP contribution in [-0.4, -0.2) is 5.66 Å². The van der Waals surface area contributed by atoms with Crippen molar-refractivity contribution in [2.24, 2.45) is 33.1 Å². The number of hydrogen-bond acceptors (Lipinski definition) is 2. The standard InChI is InChI=1S/C25H44N2/c1-10-23(11-2)17-22(9,19-15-13-12-14-16-19)18-24(20(3,4)5,21(6,7)8)25(23,26)27/h12-16H,10-11,17-18,26-27H2,1-9H3. The molecule has 0 heterocycles. The maximum Gasteiger partial charge on any atom is 0.0762 e. The summed E-state index contributed by atoms with van der Waals surface area (Å²) in [7, 11) is 0. The number of benzene rings is 1. The van der Waals surface area contributed by atoms with Gasteiger partial charge in [0, 0.05) is 10.8 Å². The lowest BCUT2D eigenvalue weighted by Gasteiger charge is -2.72. The van der Waals surface area contributed by atoms with E-state index in [1.165, 1.54) is 5.56 Å². The third-order valence-corrected chi connectivity index (χ3v) is 8.35. The van der Waals surface area contributed by atoms with Crippen molar-refractivity contribution >= 4 is 0 Å². The fourth-order valence-electron chi connectivity index (χ4n) is 7.17. The molecule has 1 aromatic carbocycles. The van der Waals surface area contributed by atoms with Gasteiger partial charge in [-0.1, -0.05) is 92.6 Å². The van der Waals surface area contributed by atoms with Crippen LogP contribution in [-0.2, 0) is 5.41 Å². The van der Waals surface area contributed by atoms with E-state index in [1.807, 2.05) is 0 Å². The topological polar surface area (TPSA) is 52.0 Å². The molecule has 2 nitrogen and oxygen atoms in total. The summed E-state index contributed by atoms with van der Waals surface area (Å²) < 4.78 is 0. The normalized spacial score (nSPS) is 27.4. The Morgan fingerprint density at radius 3 is 1.63 bits per heavy atom. The Hall–Kier alpha value is -0.860. The number of rotatable bonds is 3. The molecular formula is C25H44N2. The third-order valence-electron chi connectivity index (χ3n) is 8.35. The summed E-state index contributed by atoms with van der Waals surface area (Å²) in [6, 6.07) is 11.0. The van der Waals surface area contributed by atoms with Gasteiger partial charge in [0.2, 0.25) is 0 Å². The maximum absolute atomic E-state index is 7.31. The monoisotopic (exact) mass is 372 g/mol. The highest BCUT2D eigenvalue weighted by atomic mass is 15.1. The predicted molar refractivity (Wildman–Crippen MR) is 118 cm³/mol. The van der Waals surface area contributed by atoms with Gasteiger partial charge in [-0.05, 0) is 47.5 Å². The molecule has 0 amide bonds. The Morgan fingerprint density at radius 1 is 0.815 bits per heavy atom. The minimum absolute atomic E-state index is 0.0270. The summed E-state index contributed by atoms with van der Waals surface area (Å²) in [5.74, 6) is 0. The molecule has 1 saturated carbocycles. The van der Waals surface area contributed by atoms with Crippen LogP contribution in [0, 0.1) is 21.7 Å². The summed E-state index contributed by atoms with van der Waals surface area (Å²) >= 11 is 0. The molecule has 1 aromatic rings. The van der Waals surface area contributed by atoms with Crippen molar-refractivity contribution in [3.05, 3.63) is 35.9 Å². The van der Waals surface area contributed by atoms with Gasteiger partial charge in [0.25, 0.3) is 0 Å². The van der Waals surface area contributed by atoms with Crippen LogP contribution in [0.5, 0.6) is 0 Å². The molecule has 1 unspecified atom stereocenters. The highest BCUT2D eigenvalue weighted by Crippen LogP contribution is 2.70. The van der Waals surface area contributed by atoms with Gasteiger partial charge in [0.05, 0.1) is 5.66 Å². The van der Waals surface area contributed by atoms with Crippen LogP contribution >= 0.6 is 0 Å². The quantitative estimate of drug-likeness (QED) is 0.617. The molecule has 0 aromatic heterocycles. The van der Waals surface area contributed by atoms with E-state index in [0.29, 0.717) is 0 Å². The van der Waals surface area contributed by atoms with Crippen LogP contribution in [0.2, 0.25) is 0 Å². The maximum atomic E-state index is 7.31. The molecule has 0 aliphatic heterocycles. The molecule has 1 fully saturated rings. The summed E-state index contributed by atoms with van der Waals surface area (Å²) in [4.78, 5) is 0. The van der Waals surface area contributed by atoms with E-state index in [1.54, 1.807) is 0 Å². The third kappa shape index (κ3) is 2.99. The number of nitrogens with two attached hydrogens (primary N) is 2. The molecule has 2 rings (SSSR count). The average Bonchev–Trinajstić information content (AvgIpc) is 2.55. The van der Waals surface area contributed by atoms with Crippen molar-refractivity contribution in [1.82, 2.24) is 0 Å². The zero-order valence-corrected chi connectivity index (χ0v) is 19.4. The lowest BCUT2D eigenvalue weighted by molar-refractivity contribution is -0.202. The van der Waals surface area contributed by atoms with Crippen molar-refractivity contribution in [2.75, 3.05) is 0 Å². The Balaban J connectivity index is 2.89. The van der Waals surface area contributed by atoms with Crippen LogP contribution < -0.4 is 11.5 Å². The van der Waals surface area contributed by atoms with Gasteiger partial charge in [-0.2, -0.15) is 0 Å². The molecule has 0 bridgehead atoms. The van der Waals surface area contributed by atoms with Gasteiger partial charge >= 0.3 is 0 Å². The van der Waals surface area contributed by atoms with E-state index in [9.17, 15) is 0 Å². The summed E-state index contributed by atoms with van der Waals surface area (Å²) in [5.41, 5.74) is 15.0. The zero-order chi connectivity index (χ0) is 20.9. The first-order valence-corrected chi connectivity index (χ1v) is 10.8. The van der Waals surface area contributed by atoms with Crippen molar-refractivity contribution in [3.63, 3.8) is 0 Å². The van der Waals surface area contributed by atoms with Crippen molar-refractivity contribution in [3.8, 4) is 0 Å². The Labute approximate surface area is 168 Å². The van der Waals surface area contributed by atoms with Gasteiger partial charge in [0.1, 0.15) is 0 Å². The first kappa shape index (κ1) is 22.4. The van der Waals surface area contributed by atoms with Crippen LogP contribution in [0.25, 0.3) is 0 Å². The highest BCUT2D eigenvalue weighted by molar-refractivity contribution is 5.32. The highest BCUT2D eigenvalue weighted by Gasteiger charge is 2.71. The minimum atomic E-state index is -0.742. The van der Waals surface area contributed by atoms with E-state index in [-0.39, 0.29) is 27.1 Å². The Kier molecular flexibility index (Phi) is 5.48. The van der Waals surface area contributed by atoms with Gasteiger partial charge in [-0.15, -0.1) is 0 Å². The van der Waals surface area contributed by atoms with Gasteiger partial charge in [0.15, 0.2) is 0 Å². The molecule has 0 saturated heterocycles. The summed E-state index contributed by atoms with van der Waals surface area (Å²) in [6.07, 6.45) is 4.06. The second kappa shape index (κ2) is 6.59. The SMILES string of the molecule is CCC1(CC)CC(C)(c2ccccc2)CC(C(C)(C)C)(C(C)(C)C)C1(N)N. The van der Waals surface area contributed by atoms with Crippen molar-refractivity contribution in [1.29, 1.82) is 0 Å². The lowest BCUT2D eigenvalue weighted by atomic mass is 9.35. The lowest BCUT2D eigenvalue weighted by Crippen LogP contribution is -2.81. The van der Waals surface area contributed by atoms with E-state index >= 15 is 0 Å². The minimum Gasteiger partial charge on any atom is -0.313 e. The van der Waals surface area contributed by atoms with E-state index < -0.39 is 5.66 Å². The second-order valence-electron chi connectivity index (χ2n) is 11.5. The van der Waals surface area contributed by atoms with E-state index in [0.717, 1.165) is 25.7 Å². The molecule has 1 atom stereocenters. The molecule has 0 spiro atoms. The molecule has 154 valence electrons. The fraction of sp³-hybridized carbons (Fsp3) is 0.760. The van der Waals surface area contributed by atoms with E-state index in [4.69, 9.17) is 11.5 Å². The smallest absolute Gasteiger partial charge is 0.0762 e. The van der Waals surface area contributed by atoms with Crippen LogP contribution in [0.4, 0.5) is 0 Å². The molecule has 1 aliphatic carbocycles. The summed E-state index contributed by atoms with van der Waals surface area (Å²) in [5, 5.41) is 0. The van der Waals surface area contributed by atoms with Crippen LogP contribution in [0.3, 0.4) is 0 Å². The molecular weight excluding hydrogens is 328 g/mol. The van der Waals surface area contributed by atoms with Gasteiger partial charge in [-0.25, -0.2) is 0 Å². The van der Waals surface area contributed by atoms with Crippen molar-refractivity contribution < 1.29 is 0 Å². The molecule has 4 N–H and O–H groups in total. The Bertz CT molecular complexity index is 627. The van der Waals surface area contributed by atoms with Crippen LogP contribution in [0.15, 0.2) is 30.3 Å². The molecule has 1 aliphatic rings. The van der Waals surface area contributed by atoms with Gasteiger partial charge in [-0.3, -0.25) is 0 Å². The molecule has 27 heavy (non-hydrogen) atoms. The second-order valence-corrected chi connectivity index (χ2v) is 11.5. The van der Waals surface area contributed by atoms with E-state index in [2.05, 4.69) is 92.6 Å². The molecule has 0 radical (unpaired) electrons. The summed E-state index contributed by atoms with van der Waals surface area (Å²) in [6.45, 7) is 21.1. The largest absolute Gasteiger partial charge is 0.313 e.